The number of para-hydroxylation sites is 1. The number of rotatable bonds is 4. The highest BCUT2D eigenvalue weighted by molar-refractivity contribution is 5.81. The van der Waals surface area contributed by atoms with Crippen LogP contribution in [0.1, 0.15) is 25.5 Å². The number of benzene rings is 1. The average Bonchev–Trinajstić information content (AvgIpc) is 2.84. The summed E-state index contributed by atoms with van der Waals surface area (Å²) in [5, 5.41) is 9.24. The first-order valence-electron chi connectivity index (χ1n) is 7.15. The number of ether oxygens (including phenoxy) is 1. The zero-order valence-electron chi connectivity index (χ0n) is 11.4. The van der Waals surface area contributed by atoms with Crippen LogP contribution < -0.4 is 5.32 Å². The minimum absolute atomic E-state index is 0.381. The van der Waals surface area contributed by atoms with Crippen molar-refractivity contribution >= 4 is 10.9 Å². The third-order valence-corrected chi connectivity index (χ3v) is 3.78. The summed E-state index contributed by atoms with van der Waals surface area (Å²) in [4.78, 5) is 0. The molecule has 0 spiro atoms. The molecule has 0 unspecified atom stereocenters. The first kappa shape index (κ1) is 12.6. The maximum atomic E-state index is 6.02. The topological polar surface area (TPSA) is 39.1 Å². The molecule has 0 bridgehead atoms. The molecule has 0 aliphatic carbocycles. The van der Waals surface area contributed by atoms with E-state index in [1.54, 1.807) is 0 Å². The monoisotopic (exact) mass is 259 g/mol. The Morgan fingerprint density at radius 2 is 2.11 bits per heavy atom. The van der Waals surface area contributed by atoms with Crippen molar-refractivity contribution in [2.45, 2.75) is 39.0 Å². The fraction of sp³-hybridized carbons (Fsp3) is 0.533. The molecular weight excluding hydrogens is 238 g/mol. The SMILES string of the molecule is CCn1nc(COC2CCNCC2)c2ccccc21. The van der Waals surface area contributed by atoms with Crippen LogP contribution in [0, 0.1) is 0 Å². The number of aromatic nitrogens is 2. The molecular formula is C15H21N3O. The smallest absolute Gasteiger partial charge is 0.0960 e. The van der Waals surface area contributed by atoms with E-state index < -0.39 is 0 Å². The quantitative estimate of drug-likeness (QED) is 0.916. The van der Waals surface area contributed by atoms with Crippen molar-refractivity contribution < 1.29 is 4.74 Å². The van der Waals surface area contributed by atoms with Crippen LogP contribution in [-0.4, -0.2) is 29.0 Å². The Morgan fingerprint density at radius 1 is 1.32 bits per heavy atom. The van der Waals surface area contributed by atoms with Crippen LogP contribution in [0.25, 0.3) is 10.9 Å². The Labute approximate surface area is 113 Å². The van der Waals surface area contributed by atoms with Crippen LogP contribution in [0.4, 0.5) is 0 Å². The molecule has 0 saturated carbocycles. The molecule has 2 heterocycles. The molecule has 102 valence electrons. The third kappa shape index (κ3) is 2.65. The first-order valence-corrected chi connectivity index (χ1v) is 7.15. The second kappa shape index (κ2) is 5.72. The molecule has 4 nitrogen and oxygen atoms in total. The van der Waals surface area contributed by atoms with Gasteiger partial charge >= 0.3 is 0 Å². The summed E-state index contributed by atoms with van der Waals surface area (Å²) in [6, 6.07) is 8.39. The van der Waals surface area contributed by atoms with E-state index in [1.165, 1.54) is 10.9 Å². The molecule has 1 saturated heterocycles. The summed E-state index contributed by atoms with van der Waals surface area (Å²) in [6.07, 6.45) is 2.59. The van der Waals surface area contributed by atoms with E-state index in [0.717, 1.165) is 38.2 Å². The molecule has 1 N–H and O–H groups in total. The van der Waals surface area contributed by atoms with E-state index in [2.05, 4.69) is 46.3 Å². The van der Waals surface area contributed by atoms with E-state index in [4.69, 9.17) is 4.74 Å². The van der Waals surface area contributed by atoms with Gasteiger partial charge in [0.2, 0.25) is 0 Å². The fourth-order valence-electron chi connectivity index (χ4n) is 2.70. The lowest BCUT2D eigenvalue weighted by atomic mass is 10.1. The van der Waals surface area contributed by atoms with Crippen molar-refractivity contribution in [3.05, 3.63) is 30.0 Å². The van der Waals surface area contributed by atoms with Gasteiger partial charge in [-0.3, -0.25) is 4.68 Å². The Morgan fingerprint density at radius 3 is 2.89 bits per heavy atom. The van der Waals surface area contributed by atoms with Gasteiger partial charge in [0.15, 0.2) is 0 Å². The van der Waals surface area contributed by atoms with E-state index in [0.29, 0.717) is 12.7 Å². The van der Waals surface area contributed by atoms with Crippen LogP contribution in [0.2, 0.25) is 0 Å². The van der Waals surface area contributed by atoms with Gasteiger partial charge in [-0.15, -0.1) is 0 Å². The minimum atomic E-state index is 0.381. The number of aryl methyl sites for hydroxylation is 1. The van der Waals surface area contributed by atoms with Gasteiger partial charge in [0.25, 0.3) is 0 Å². The summed E-state index contributed by atoms with van der Waals surface area (Å²) >= 11 is 0. The van der Waals surface area contributed by atoms with Gasteiger partial charge in [-0.1, -0.05) is 18.2 Å². The lowest BCUT2D eigenvalue weighted by Crippen LogP contribution is -2.32. The van der Waals surface area contributed by atoms with Crippen molar-refractivity contribution in [1.29, 1.82) is 0 Å². The number of hydrogen-bond donors (Lipinski definition) is 1. The second-order valence-electron chi connectivity index (χ2n) is 5.04. The van der Waals surface area contributed by atoms with Gasteiger partial charge < -0.3 is 10.1 Å². The van der Waals surface area contributed by atoms with Crippen molar-refractivity contribution in [2.75, 3.05) is 13.1 Å². The highest BCUT2D eigenvalue weighted by Crippen LogP contribution is 2.20. The number of nitrogens with one attached hydrogen (secondary N) is 1. The minimum Gasteiger partial charge on any atom is -0.372 e. The molecule has 1 fully saturated rings. The van der Waals surface area contributed by atoms with Crippen LogP contribution in [0.5, 0.6) is 0 Å². The summed E-state index contributed by atoms with van der Waals surface area (Å²) in [5.41, 5.74) is 2.27. The summed E-state index contributed by atoms with van der Waals surface area (Å²) in [5.74, 6) is 0. The molecule has 0 radical (unpaired) electrons. The lowest BCUT2D eigenvalue weighted by molar-refractivity contribution is 0.0199. The molecule has 3 rings (SSSR count). The van der Waals surface area contributed by atoms with Crippen LogP contribution in [0.15, 0.2) is 24.3 Å². The van der Waals surface area contributed by atoms with Crippen LogP contribution in [-0.2, 0) is 17.9 Å². The number of hydrogen-bond acceptors (Lipinski definition) is 3. The highest BCUT2D eigenvalue weighted by atomic mass is 16.5. The standard InChI is InChI=1S/C15H21N3O/c1-2-18-15-6-4-3-5-13(15)14(17-18)11-19-12-7-9-16-10-8-12/h3-6,12,16H,2,7-11H2,1H3. The van der Waals surface area contributed by atoms with Crippen LogP contribution in [0.3, 0.4) is 0 Å². The zero-order valence-corrected chi connectivity index (χ0v) is 11.4. The highest BCUT2D eigenvalue weighted by Gasteiger charge is 2.15. The van der Waals surface area contributed by atoms with Gasteiger partial charge in [-0.25, -0.2) is 0 Å². The van der Waals surface area contributed by atoms with Crippen molar-refractivity contribution in [3.63, 3.8) is 0 Å². The molecule has 19 heavy (non-hydrogen) atoms. The molecule has 2 aromatic rings. The molecule has 4 heteroatoms. The zero-order chi connectivity index (χ0) is 13.1. The first-order chi connectivity index (χ1) is 9.38. The summed E-state index contributed by atoms with van der Waals surface area (Å²) in [6.45, 7) is 5.77. The van der Waals surface area contributed by atoms with E-state index in [9.17, 15) is 0 Å². The Bertz CT molecular complexity index is 543. The van der Waals surface area contributed by atoms with Crippen molar-refractivity contribution in [3.8, 4) is 0 Å². The number of piperidine rings is 1. The number of nitrogens with zero attached hydrogens (tertiary/aromatic N) is 2. The molecule has 1 aliphatic heterocycles. The molecule has 0 atom stereocenters. The number of fused-ring (bicyclic) bond motifs is 1. The van der Waals surface area contributed by atoms with Gasteiger partial charge in [-0.2, -0.15) is 5.10 Å². The van der Waals surface area contributed by atoms with Crippen molar-refractivity contribution in [2.24, 2.45) is 0 Å². The van der Waals surface area contributed by atoms with Crippen molar-refractivity contribution in [1.82, 2.24) is 15.1 Å². The van der Waals surface area contributed by atoms with E-state index in [-0.39, 0.29) is 0 Å². The maximum Gasteiger partial charge on any atom is 0.0960 e. The predicted octanol–water partition coefficient (Wildman–Crippen LogP) is 2.32. The third-order valence-electron chi connectivity index (χ3n) is 3.78. The fourth-order valence-corrected chi connectivity index (χ4v) is 2.70. The molecule has 1 aromatic heterocycles. The molecule has 1 aromatic carbocycles. The summed E-state index contributed by atoms with van der Waals surface area (Å²) in [7, 11) is 0. The van der Waals surface area contributed by atoms with Gasteiger partial charge in [0, 0.05) is 11.9 Å². The van der Waals surface area contributed by atoms with Gasteiger partial charge in [0.05, 0.1) is 23.9 Å². The normalized spacial score (nSPS) is 17.1. The average molecular weight is 259 g/mol. The Kier molecular flexibility index (Phi) is 3.80. The van der Waals surface area contributed by atoms with Gasteiger partial charge in [-0.05, 0) is 38.9 Å². The summed E-state index contributed by atoms with van der Waals surface area (Å²) < 4.78 is 8.07. The largest absolute Gasteiger partial charge is 0.372 e. The molecule has 0 amide bonds. The predicted molar refractivity (Wildman–Crippen MR) is 76.1 cm³/mol. The Balaban J connectivity index is 1.76. The maximum absolute atomic E-state index is 6.02. The second-order valence-corrected chi connectivity index (χ2v) is 5.04. The van der Waals surface area contributed by atoms with Gasteiger partial charge in [0.1, 0.15) is 0 Å². The van der Waals surface area contributed by atoms with E-state index in [1.807, 2.05) is 0 Å². The van der Waals surface area contributed by atoms with Crippen LogP contribution >= 0.6 is 0 Å². The lowest BCUT2D eigenvalue weighted by Gasteiger charge is -2.22. The van der Waals surface area contributed by atoms with E-state index >= 15 is 0 Å². The Hall–Kier alpha value is -1.39. The molecule has 1 aliphatic rings.